The molecule has 1 amide bonds. The van der Waals surface area contributed by atoms with Crippen LogP contribution in [0.15, 0.2) is 77.9 Å². The Morgan fingerprint density at radius 2 is 1.79 bits per heavy atom. The third-order valence-electron chi connectivity index (χ3n) is 4.47. The number of H-pyrrole nitrogens is 1. The topological polar surface area (TPSA) is 70.1 Å². The highest BCUT2D eigenvalue weighted by atomic mass is 35.5. The standard InChI is InChI=1S/C22H17ClN4O/c1-14(18-8-4-6-15-5-2-3-7-19(15)18)24-27-22(28)21-13-20(25-26-21)16-9-11-17(23)12-10-16/h2-13H,1H3,(H,25,26)(H,27,28). The van der Waals surface area contributed by atoms with Crippen LogP contribution in [0.25, 0.3) is 22.0 Å². The Morgan fingerprint density at radius 3 is 2.61 bits per heavy atom. The van der Waals surface area contributed by atoms with Crippen molar-refractivity contribution < 1.29 is 4.79 Å². The first-order chi connectivity index (χ1) is 13.6. The monoisotopic (exact) mass is 388 g/mol. The van der Waals surface area contributed by atoms with Crippen molar-refractivity contribution in [2.75, 3.05) is 0 Å². The lowest BCUT2D eigenvalue weighted by molar-refractivity contribution is 0.0950. The molecule has 4 rings (SSSR count). The highest BCUT2D eigenvalue weighted by Gasteiger charge is 2.11. The quantitative estimate of drug-likeness (QED) is 0.380. The summed E-state index contributed by atoms with van der Waals surface area (Å²) in [5, 5.41) is 14.1. The van der Waals surface area contributed by atoms with Gasteiger partial charge in [0.25, 0.3) is 5.91 Å². The second-order valence-electron chi connectivity index (χ2n) is 6.34. The minimum Gasteiger partial charge on any atom is -0.272 e. The first kappa shape index (κ1) is 17.9. The molecule has 2 N–H and O–H groups in total. The van der Waals surface area contributed by atoms with E-state index in [-0.39, 0.29) is 5.91 Å². The molecule has 0 saturated carbocycles. The Morgan fingerprint density at radius 1 is 1.04 bits per heavy atom. The molecule has 6 heteroatoms. The van der Waals surface area contributed by atoms with Gasteiger partial charge in [0.2, 0.25) is 0 Å². The maximum absolute atomic E-state index is 12.4. The molecule has 4 aromatic rings. The molecule has 0 aliphatic heterocycles. The summed E-state index contributed by atoms with van der Waals surface area (Å²) in [6, 6.07) is 23.0. The zero-order valence-electron chi connectivity index (χ0n) is 15.1. The van der Waals surface area contributed by atoms with Gasteiger partial charge in [-0.15, -0.1) is 0 Å². The number of amides is 1. The van der Waals surface area contributed by atoms with E-state index in [0.717, 1.165) is 27.6 Å². The number of hydrazone groups is 1. The van der Waals surface area contributed by atoms with Crippen LogP contribution in [0.3, 0.4) is 0 Å². The second-order valence-corrected chi connectivity index (χ2v) is 6.78. The lowest BCUT2D eigenvalue weighted by Gasteiger charge is -2.06. The molecule has 138 valence electrons. The van der Waals surface area contributed by atoms with E-state index in [0.29, 0.717) is 16.4 Å². The predicted octanol–water partition coefficient (Wildman–Crippen LogP) is 5.04. The summed E-state index contributed by atoms with van der Waals surface area (Å²) >= 11 is 5.91. The van der Waals surface area contributed by atoms with Gasteiger partial charge in [-0.25, -0.2) is 5.43 Å². The van der Waals surface area contributed by atoms with Crippen LogP contribution < -0.4 is 5.43 Å². The molecule has 28 heavy (non-hydrogen) atoms. The van der Waals surface area contributed by atoms with Gasteiger partial charge in [-0.1, -0.05) is 66.2 Å². The van der Waals surface area contributed by atoms with Gasteiger partial charge in [-0.3, -0.25) is 9.89 Å². The number of halogens is 1. The van der Waals surface area contributed by atoms with Crippen LogP contribution in [0.2, 0.25) is 5.02 Å². The smallest absolute Gasteiger partial charge is 0.272 e. The third kappa shape index (κ3) is 3.66. The fourth-order valence-corrected chi connectivity index (χ4v) is 3.13. The summed E-state index contributed by atoms with van der Waals surface area (Å²) in [6.07, 6.45) is 0. The van der Waals surface area contributed by atoms with Crippen molar-refractivity contribution in [1.82, 2.24) is 15.6 Å². The molecule has 0 aliphatic rings. The van der Waals surface area contributed by atoms with Crippen molar-refractivity contribution in [1.29, 1.82) is 0 Å². The maximum atomic E-state index is 12.4. The Kier molecular flexibility index (Phi) is 4.91. The van der Waals surface area contributed by atoms with Crippen LogP contribution in [-0.2, 0) is 0 Å². The maximum Gasteiger partial charge on any atom is 0.289 e. The highest BCUT2D eigenvalue weighted by molar-refractivity contribution is 6.30. The molecule has 3 aromatic carbocycles. The molecule has 0 aliphatic carbocycles. The normalized spacial score (nSPS) is 11.6. The predicted molar refractivity (Wildman–Crippen MR) is 113 cm³/mol. The Labute approximate surface area is 167 Å². The molecule has 0 atom stereocenters. The van der Waals surface area contributed by atoms with E-state index in [2.05, 4.69) is 20.7 Å². The Balaban J connectivity index is 1.53. The Hall–Kier alpha value is -3.44. The molecule has 1 heterocycles. The number of nitrogens with one attached hydrogen (secondary N) is 2. The van der Waals surface area contributed by atoms with Gasteiger partial charge in [0.1, 0.15) is 5.69 Å². The Bertz CT molecular complexity index is 1170. The van der Waals surface area contributed by atoms with E-state index in [1.165, 1.54) is 0 Å². The van der Waals surface area contributed by atoms with Gasteiger partial charge in [-0.05, 0) is 35.9 Å². The lowest BCUT2D eigenvalue weighted by atomic mass is 10.0. The summed E-state index contributed by atoms with van der Waals surface area (Å²) in [5.41, 5.74) is 6.16. The van der Waals surface area contributed by atoms with Crippen LogP contribution in [0.4, 0.5) is 0 Å². The summed E-state index contributed by atoms with van der Waals surface area (Å²) in [6.45, 7) is 1.87. The van der Waals surface area contributed by atoms with Crippen LogP contribution >= 0.6 is 11.6 Å². The van der Waals surface area contributed by atoms with E-state index >= 15 is 0 Å². The third-order valence-corrected chi connectivity index (χ3v) is 4.72. The van der Waals surface area contributed by atoms with E-state index in [9.17, 15) is 4.79 Å². The average molecular weight is 389 g/mol. The van der Waals surface area contributed by atoms with Gasteiger partial charge >= 0.3 is 0 Å². The number of hydrogen-bond donors (Lipinski definition) is 2. The molecular formula is C22H17ClN4O. The van der Waals surface area contributed by atoms with Crippen LogP contribution in [-0.4, -0.2) is 21.8 Å². The van der Waals surface area contributed by atoms with E-state index in [1.54, 1.807) is 18.2 Å². The van der Waals surface area contributed by atoms with Gasteiger partial charge in [0.05, 0.1) is 11.4 Å². The number of rotatable bonds is 4. The SMILES string of the molecule is CC(=NNC(=O)c1cc(-c2ccc(Cl)cc2)n[nH]1)c1cccc2ccccc12. The molecular weight excluding hydrogens is 372 g/mol. The molecule has 5 nitrogen and oxygen atoms in total. The van der Waals surface area contributed by atoms with E-state index in [4.69, 9.17) is 11.6 Å². The fraction of sp³-hybridized carbons (Fsp3) is 0.0455. The summed E-state index contributed by atoms with van der Waals surface area (Å²) in [4.78, 5) is 12.4. The van der Waals surface area contributed by atoms with E-state index in [1.807, 2.05) is 61.5 Å². The number of aromatic amines is 1. The fourth-order valence-electron chi connectivity index (χ4n) is 3.00. The van der Waals surface area contributed by atoms with Crippen molar-refractivity contribution in [2.45, 2.75) is 6.92 Å². The van der Waals surface area contributed by atoms with Crippen molar-refractivity contribution in [2.24, 2.45) is 5.10 Å². The molecule has 0 bridgehead atoms. The molecule has 0 radical (unpaired) electrons. The number of hydrogen-bond acceptors (Lipinski definition) is 3. The van der Waals surface area contributed by atoms with Crippen molar-refractivity contribution >= 4 is 34.0 Å². The molecule has 0 unspecified atom stereocenters. The second kappa shape index (κ2) is 7.66. The zero-order valence-corrected chi connectivity index (χ0v) is 15.9. The summed E-state index contributed by atoms with van der Waals surface area (Å²) in [7, 11) is 0. The number of aromatic nitrogens is 2. The van der Waals surface area contributed by atoms with Crippen LogP contribution in [0.5, 0.6) is 0 Å². The summed E-state index contributed by atoms with van der Waals surface area (Å²) < 4.78 is 0. The largest absolute Gasteiger partial charge is 0.289 e. The first-order valence-electron chi connectivity index (χ1n) is 8.76. The number of carbonyl (C=O) groups excluding carboxylic acids is 1. The molecule has 0 saturated heterocycles. The van der Waals surface area contributed by atoms with Crippen LogP contribution in [0.1, 0.15) is 23.0 Å². The van der Waals surface area contributed by atoms with Crippen LogP contribution in [0, 0.1) is 0 Å². The first-order valence-corrected chi connectivity index (χ1v) is 9.14. The minimum absolute atomic E-state index is 0.333. The molecule has 0 spiro atoms. The van der Waals surface area contributed by atoms with Gasteiger partial charge < -0.3 is 0 Å². The average Bonchev–Trinajstić information content (AvgIpc) is 3.22. The molecule has 0 fully saturated rings. The number of nitrogens with zero attached hydrogens (tertiary/aromatic N) is 2. The van der Waals surface area contributed by atoms with Crippen molar-refractivity contribution in [3.05, 3.63) is 89.1 Å². The lowest BCUT2D eigenvalue weighted by Crippen LogP contribution is -2.19. The van der Waals surface area contributed by atoms with E-state index < -0.39 is 0 Å². The van der Waals surface area contributed by atoms with Crippen molar-refractivity contribution in [3.8, 4) is 11.3 Å². The summed E-state index contributed by atoms with van der Waals surface area (Å²) in [5.74, 6) is -0.354. The number of fused-ring (bicyclic) bond motifs is 1. The van der Waals surface area contributed by atoms with Gasteiger partial charge in [0.15, 0.2) is 0 Å². The molecule has 1 aromatic heterocycles. The van der Waals surface area contributed by atoms with Crippen molar-refractivity contribution in [3.63, 3.8) is 0 Å². The highest BCUT2D eigenvalue weighted by Crippen LogP contribution is 2.21. The number of carbonyl (C=O) groups is 1. The number of benzene rings is 3. The minimum atomic E-state index is -0.354. The zero-order chi connectivity index (χ0) is 19.5. The van der Waals surface area contributed by atoms with Gasteiger partial charge in [-0.2, -0.15) is 10.2 Å². The van der Waals surface area contributed by atoms with Gasteiger partial charge in [0, 0.05) is 16.1 Å².